The van der Waals surface area contributed by atoms with Crippen LogP contribution in [0.4, 0.5) is 92.2 Å². The van der Waals surface area contributed by atoms with Crippen molar-refractivity contribution >= 4 is 0 Å². The zero-order chi connectivity index (χ0) is 47.0. The molecule has 3 aromatic carbocycles. The number of fused-ring (bicyclic) bond motifs is 9. The first-order valence-electron chi connectivity index (χ1n) is 16.9. The Balaban J connectivity index is 1.58. The van der Waals surface area contributed by atoms with Gasteiger partial charge in [-0.2, -0.15) is 92.2 Å². The number of benzene rings is 3. The molecule has 0 radical (unpaired) electrons. The highest BCUT2D eigenvalue weighted by atomic mass is 19.4. The van der Waals surface area contributed by atoms with Crippen LogP contribution in [0.25, 0.3) is 11.4 Å². The maximum Gasteiger partial charge on any atom is 0.447 e. The molecule has 1 aliphatic rings. The normalized spacial score (nSPS) is 13.3. The quantitative estimate of drug-likeness (QED) is 0.0590. The number of H-pyrrole nitrogens is 4. The van der Waals surface area contributed by atoms with E-state index < -0.39 is 191 Å². The number of hydrogen-bond donors (Lipinski definition) is 4. The van der Waals surface area contributed by atoms with Gasteiger partial charge >= 0.3 is 12.4 Å². The maximum atomic E-state index is 15.7. The SMILES string of the molecule is Fc1c(F)c(F)c([C+]2c3ccc([nH]3)[C+](c3c(F)c(F)c(F)c(F)c3F)c3[nH]c(cc3C(F)(F)F)-c3cc(C(F)(F)F)c([nH]3)[C+](c3c(F)c(F)c(F)c(F)c3F)c3ccc2[nH]3)c(F)c1F. The molecule has 0 amide bonds. The van der Waals surface area contributed by atoms with E-state index in [4.69, 9.17) is 0 Å². The zero-order valence-electron chi connectivity index (χ0n) is 29.9. The summed E-state index contributed by atoms with van der Waals surface area (Å²) in [5.74, 6) is -46.9. The minimum Gasteiger partial charge on any atom is -0.339 e. The molecule has 8 bridgehead atoms. The second kappa shape index (κ2) is 14.5. The van der Waals surface area contributed by atoms with Crippen molar-refractivity contribution in [2.24, 2.45) is 0 Å². The number of nitrogens with one attached hydrogen (secondary N) is 4. The van der Waals surface area contributed by atoms with Crippen molar-refractivity contribution in [3.63, 3.8) is 0 Å². The largest absolute Gasteiger partial charge is 0.447 e. The lowest BCUT2D eigenvalue weighted by Crippen LogP contribution is -2.20. The van der Waals surface area contributed by atoms with E-state index in [1.165, 1.54) is 0 Å². The number of halogens is 21. The Bertz CT molecular complexity index is 2820. The summed E-state index contributed by atoms with van der Waals surface area (Å²) in [5, 5.41) is 0. The summed E-state index contributed by atoms with van der Waals surface area (Å²) in [5.41, 5.74) is -21.6. The van der Waals surface area contributed by atoms with Gasteiger partial charge in [0, 0.05) is 12.1 Å². The molecule has 4 aromatic heterocycles. The Kier molecular flexibility index (Phi) is 9.86. The molecule has 25 heteroatoms. The number of aromatic amines is 4. The van der Waals surface area contributed by atoms with Gasteiger partial charge in [-0.3, -0.25) is 0 Å². The number of aromatic nitrogens is 4. The van der Waals surface area contributed by atoms with Crippen LogP contribution in [0.1, 0.15) is 62.0 Å². The monoisotopic (exact) mass is 933 g/mol. The van der Waals surface area contributed by atoms with E-state index in [0.29, 0.717) is 24.3 Å². The highest BCUT2D eigenvalue weighted by Gasteiger charge is 2.51. The molecule has 0 fully saturated rings. The third kappa shape index (κ3) is 6.32. The van der Waals surface area contributed by atoms with Gasteiger partial charge in [0.1, 0.15) is 63.0 Å². The van der Waals surface area contributed by atoms with Gasteiger partial charge < -0.3 is 19.9 Å². The third-order valence-electron chi connectivity index (χ3n) is 9.87. The predicted molar refractivity (Wildman–Crippen MR) is 173 cm³/mol. The fourth-order valence-corrected chi connectivity index (χ4v) is 7.09. The standard InChI is InChI=1S/C39H10F21N4/c40-21-18(22(41)28(47)33(52)27(21)46)15-9-1-3-11(61-9)16(19-23(42)29(48)34(53)30(49)24(19)43)36-7(38(55,56)57)5-13(63-36)14-6-8(39(58,59)60)37(64-14)17(12-4-2-10(15)62-12)20-25(44)31(50)35(54)32(51)26(20)45/h1-6,61-64H/q+3. The molecule has 8 rings (SSSR count). The molecule has 0 unspecified atom stereocenters. The van der Waals surface area contributed by atoms with Crippen LogP contribution < -0.4 is 0 Å². The van der Waals surface area contributed by atoms with Crippen LogP contribution in [0.2, 0.25) is 0 Å². The summed E-state index contributed by atoms with van der Waals surface area (Å²) < 4.78 is 315. The second-order valence-electron chi connectivity index (χ2n) is 13.5. The number of hydrogen-bond acceptors (Lipinski definition) is 0. The van der Waals surface area contributed by atoms with Crippen LogP contribution in [0.15, 0.2) is 36.4 Å². The Labute approximate surface area is 339 Å². The summed E-state index contributed by atoms with van der Waals surface area (Å²) in [6.45, 7) is 0. The van der Waals surface area contributed by atoms with Gasteiger partial charge in [0.05, 0.1) is 35.7 Å². The van der Waals surface area contributed by atoms with Crippen LogP contribution in [0, 0.1) is 105 Å². The molecular formula is C39H10F21N4+3. The van der Waals surface area contributed by atoms with Crippen molar-refractivity contribution in [1.29, 1.82) is 0 Å². The van der Waals surface area contributed by atoms with Gasteiger partial charge in [-0.15, -0.1) is 0 Å². The average molecular weight is 933 g/mol. The second-order valence-corrected chi connectivity index (χ2v) is 13.5. The molecule has 4 N–H and O–H groups in total. The first-order valence-corrected chi connectivity index (χ1v) is 16.9. The number of alkyl halides is 6. The highest BCUT2D eigenvalue weighted by Crippen LogP contribution is 2.49. The first-order chi connectivity index (χ1) is 29.8. The molecule has 0 aliphatic carbocycles. The van der Waals surface area contributed by atoms with Gasteiger partial charge in [-0.25, -0.2) is 0 Å². The molecule has 0 atom stereocenters. The van der Waals surface area contributed by atoms with E-state index in [9.17, 15) is 65.9 Å². The van der Waals surface area contributed by atoms with E-state index in [1.807, 2.05) is 19.9 Å². The van der Waals surface area contributed by atoms with Gasteiger partial charge in [-0.1, -0.05) is 0 Å². The lowest BCUT2D eigenvalue weighted by Gasteiger charge is -2.16. The summed E-state index contributed by atoms with van der Waals surface area (Å²) in [6.07, 6.45) is -11.7. The van der Waals surface area contributed by atoms with Crippen LogP contribution in [0.5, 0.6) is 0 Å². The summed E-state index contributed by atoms with van der Waals surface area (Å²) in [7, 11) is 0. The molecule has 0 saturated heterocycles. The van der Waals surface area contributed by atoms with Crippen LogP contribution in [0.3, 0.4) is 0 Å². The molecular weight excluding hydrogens is 923 g/mol. The average Bonchev–Trinajstić information content (AvgIpc) is 4.07. The fourth-order valence-electron chi connectivity index (χ4n) is 7.09. The van der Waals surface area contributed by atoms with Crippen LogP contribution >= 0.6 is 0 Å². The Morgan fingerprint density at radius 1 is 0.297 bits per heavy atom. The van der Waals surface area contributed by atoms with Crippen LogP contribution in [-0.2, 0) is 12.4 Å². The Hall–Kier alpha value is -7.08. The lowest BCUT2D eigenvalue weighted by molar-refractivity contribution is -0.138. The third-order valence-corrected chi connectivity index (χ3v) is 9.87. The summed E-state index contributed by atoms with van der Waals surface area (Å²) in [6, 6.07) is 1.56. The van der Waals surface area contributed by atoms with Crippen molar-refractivity contribution in [3.8, 4) is 11.4 Å². The van der Waals surface area contributed by atoms with Crippen molar-refractivity contribution in [2.45, 2.75) is 12.4 Å². The summed E-state index contributed by atoms with van der Waals surface area (Å²) in [4.78, 5) is 7.71. The highest BCUT2D eigenvalue weighted by molar-refractivity contribution is 5.70. The minimum atomic E-state index is -5.83. The van der Waals surface area contributed by atoms with Crippen LogP contribution in [-0.4, -0.2) is 19.9 Å². The first kappa shape index (κ1) is 43.6. The van der Waals surface area contributed by atoms with E-state index in [-0.39, 0.29) is 12.1 Å². The van der Waals surface area contributed by atoms with Gasteiger partial charge in [0.25, 0.3) is 0 Å². The molecule has 330 valence electrons. The molecule has 0 saturated carbocycles. The van der Waals surface area contributed by atoms with Crippen molar-refractivity contribution in [1.82, 2.24) is 19.9 Å². The molecule has 7 aromatic rings. The number of rotatable bonds is 3. The lowest BCUT2D eigenvalue weighted by atomic mass is 9.89. The molecule has 1 aliphatic heterocycles. The van der Waals surface area contributed by atoms with E-state index in [0.717, 1.165) is 0 Å². The van der Waals surface area contributed by atoms with E-state index >= 15 is 26.3 Å². The van der Waals surface area contributed by atoms with Crippen molar-refractivity contribution < 1.29 is 92.2 Å². The molecule has 64 heavy (non-hydrogen) atoms. The zero-order valence-corrected chi connectivity index (χ0v) is 29.9. The fraction of sp³-hybridized carbons (Fsp3) is 0.0513. The van der Waals surface area contributed by atoms with Gasteiger partial charge in [0.15, 0.2) is 16.7 Å². The van der Waals surface area contributed by atoms with Crippen molar-refractivity contribution in [2.75, 3.05) is 0 Å². The topological polar surface area (TPSA) is 63.2 Å². The smallest absolute Gasteiger partial charge is 0.339 e. The minimum absolute atomic E-state index is 0.107. The van der Waals surface area contributed by atoms with Gasteiger partial charge in [0.2, 0.25) is 87.3 Å². The molecule has 0 spiro atoms. The Morgan fingerprint density at radius 2 is 0.516 bits per heavy atom. The molecule has 4 nitrogen and oxygen atoms in total. The van der Waals surface area contributed by atoms with Gasteiger partial charge in [-0.05, 0) is 0 Å². The van der Waals surface area contributed by atoms with Crippen molar-refractivity contribution in [3.05, 3.63) is 203 Å². The van der Waals surface area contributed by atoms with E-state index in [1.54, 1.807) is 0 Å². The summed E-state index contributed by atoms with van der Waals surface area (Å²) >= 11 is 0. The molecule has 5 heterocycles. The predicted octanol–water partition coefficient (Wildman–Crippen LogP) is 12.2. The maximum absolute atomic E-state index is 15.7. The van der Waals surface area contributed by atoms with E-state index in [2.05, 4.69) is 0 Å². The Morgan fingerprint density at radius 3 is 0.766 bits per heavy atom.